The van der Waals surface area contributed by atoms with Crippen LogP contribution in [0.2, 0.25) is 0 Å². The lowest BCUT2D eigenvalue weighted by molar-refractivity contribution is 0.0514. The van der Waals surface area contributed by atoms with Crippen LogP contribution in [0.4, 0.5) is 11.5 Å². The normalized spacial score (nSPS) is 10.7. The Bertz CT molecular complexity index is 1180. The van der Waals surface area contributed by atoms with Gasteiger partial charge in [0.1, 0.15) is 27.6 Å². The average Bonchev–Trinajstić information content (AvgIpc) is 3.12. The van der Waals surface area contributed by atoms with Gasteiger partial charge in [-0.1, -0.05) is 42.5 Å². The topological polar surface area (TPSA) is 73.3 Å². The second-order valence-electron chi connectivity index (χ2n) is 6.66. The molecule has 4 rings (SSSR count). The first-order valence-electron chi connectivity index (χ1n) is 9.52. The minimum absolute atomic E-state index is 0.328. The van der Waals surface area contributed by atoms with Crippen LogP contribution in [0.3, 0.4) is 0 Å². The number of carbonyl (C=O) groups excluding carboxylic acids is 1. The number of nitrogens with zero attached hydrogens (tertiary/aromatic N) is 2. The Labute approximate surface area is 178 Å². The molecule has 7 heteroatoms. The highest BCUT2D eigenvalue weighted by Gasteiger charge is 2.21. The zero-order chi connectivity index (χ0) is 20.9. The fraction of sp³-hybridized carbons (Fsp3) is 0.174. The van der Waals surface area contributed by atoms with E-state index in [-0.39, 0.29) is 5.97 Å². The number of rotatable bonds is 7. The van der Waals surface area contributed by atoms with Gasteiger partial charge in [0.05, 0.1) is 24.8 Å². The summed E-state index contributed by atoms with van der Waals surface area (Å²) >= 11 is 1.32. The number of anilines is 2. The number of para-hydroxylation sites is 2. The molecular formula is C23H21N3O3S. The number of carbonyl (C=O) groups is 1. The highest BCUT2D eigenvalue weighted by Crippen LogP contribution is 2.36. The first-order chi connectivity index (χ1) is 14.7. The molecule has 0 radical (unpaired) electrons. The molecule has 4 aromatic rings. The molecule has 0 saturated carbocycles. The Morgan fingerprint density at radius 1 is 1.07 bits per heavy atom. The van der Waals surface area contributed by atoms with E-state index in [0.29, 0.717) is 29.5 Å². The van der Waals surface area contributed by atoms with Gasteiger partial charge in [-0.3, -0.25) is 0 Å². The van der Waals surface area contributed by atoms with Gasteiger partial charge in [0.2, 0.25) is 0 Å². The summed E-state index contributed by atoms with van der Waals surface area (Å²) in [6.07, 6.45) is 2.16. The molecule has 0 unspecified atom stereocenters. The van der Waals surface area contributed by atoms with Gasteiger partial charge in [-0.15, -0.1) is 11.3 Å². The molecular weight excluding hydrogens is 398 g/mol. The minimum Gasteiger partial charge on any atom is -0.495 e. The van der Waals surface area contributed by atoms with Crippen LogP contribution in [0.25, 0.3) is 10.2 Å². The van der Waals surface area contributed by atoms with Crippen molar-refractivity contribution in [3.05, 3.63) is 76.9 Å². The van der Waals surface area contributed by atoms with Crippen molar-refractivity contribution in [3.8, 4) is 5.75 Å². The molecule has 30 heavy (non-hydrogen) atoms. The first-order valence-corrected chi connectivity index (χ1v) is 10.3. The molecule has 0 spiro atoms. The van der Waals surface area contributed by atoms with E-state index >= 15 is 0 Å². The zero-order valence-corrected chi connectivity index (χ0v) is 17.5. The van der Waals surface area contributed by atoms with Crippen molar-refractivity contribution in [1.82, 2.24) is 9.97 Å². The van der Waals surface area contributed by atoms with E-state index in [1.165, 1.54) is 17.7 Å². The van der Waals surface area contributed by atoms with E-state index in [9.17, 15) is 4.79 Å². The fourth-order valence-electron chi connectivity index (χ4n) is 3.21. The molecule has 0 aliphatic heterocycles. The molecule has 0 atom stereocenters. The van der Waals surface area contributed by atoms with Crippen LogP contribution in [0.15, 0.2) is 60.9 Å². The van der Waals surface area contributed by atoms with Crippen LogP contribution in [0.1, 0.15) is 20.8 Å². The van der Waals surface area contributed by atoms with Crippen molar-refractivity contribution in [2.75, 3.05) is 19.0 Å². The van der Waals surface area contributed by atoms with Gasteiger partial charge in [-0.25, -0.2) is 14.8 Å². The van der Waals surface area contributed by atoms with Crippen molar-refractivity contribution in [2.24, 2.45) is 0 Å². The Morgan fingerprint density at radius 2 is 1.83 bits per heavy atom. The standard InChI is InChI=1S/C23H21N3O3S/c1-15-19-21(26-17-10-6-7-11-18(17)28-2)24-14-25-22(19)30-20(15)23(27)29-13-12-16-8-4-3-5-9-16/h3-11,14H,12-13H2,1-2H3,(H,24,25,26). The van der Waals surface area contributed by atoms with E-state index in [1.807, 2.05) is 61.5 Å². The van der Waals surface area contributed by atoms with Gasteiger partial charge in [-0.05, 0) is 30.2 Å². The highest BCUT2D eigenvalue weighted by atomic mass is 32.1. The Balaban J connectivity index is 1.56. The lowest BCUT2D eigenvalue weighted by atomic mass is 10.2. The molecule has 2 heterocycles. The van der Waals surface area contributed by atoms with Gasteiger partial charge in [0.25, 0.3) is 0 Å². The van der Waals surface area contributed by atoms with Gasteiger partial charge in [-0.2, -0.15) is 0 Å². The maximum absolute atomic E-state index is 12.7. The second kappa shape index (κ2) is 8.92. The van der Waals surface area contributed by atoms with Crippen molar-refractivity contribution >= 4 is 39.0 Å². The molecule has 1 N–H and O–H groups in total. The number of aromatic nitrogens is 2. The third-order valence-corrected chi connectivity index (χ3v) is 5.92. The smallest absolute Gasteiger partial charge is 0.348 e. The summed E-state index contributed by atoms with van der Waals surface area (Å²) in [5.41, 5.74) is 2.72. The monoisotopic (exact) mass is 419 g/mol. The number of esters is 1. The summed E-state index contributed by atoms with van der Waals surface area (Å²) in [5.74, 6) is 0.994. The molecule has 0 bridgehead atoms. The number of benzene rings is 2. The molecule has 0 aliphatic carbocycles. The van der Waals surface area contributed by atoms with Gasteiger partial charge >= 0.3 is 5.97 Å². The third kappa shape index (κ3) is 4.11. The van der Waals surface area contributed by atoms with Crippen molar-refractivity contribution in [2.45, 2.75) is 13.3 Å². The summed E-state index contributed by atoms with van der Waals surface area (Å²) in [6.45, 7) is 2.22. The van der Waals surface area contributed by atoms with Gasteiger partial charge in [0, 0.05) is 6.42 Å². The van der Waals surface area contributed by atoms with E-state index in [4.69, 9.17) is 9.47 Å². The lowest BCUT2D eigenvalue weighted by Crippen LogP contribution is -2.07. The zero-order valence-electron chi connectivity index (χ0n) is 16.7. The molecule has 6 nitrogen and oxygen atoms in total. The average molecular weight is 420 g/mol. The Morgan fingerprint density at radius 3 is 2.63 bits per heavy atom. The van der Waals surface area contributed by atoms with Crippen LogP contribution in [-0.4, -0.2) is 29.7 Å². The SMILES string of the molecule is COc1ccccc1Nc1ncnc2sc(C(=O)OCCc3ccccc3)c(C)c12. The van der Waals surface area contributed by atoms with Crippen LogP contribution >= 0.6 is 11.3 Å². The number of hydrogen-bond acceptors (Lipinski definition) is 7. The molecule has 0 fully saturated rings. The second-order valence-corrected chi connectivity index (χ2v) is 7.65. The number of hydrogen-bond donors (Lipinski definition) is 1. The predicted octanol–water partition coefficient (Wildman–Crippen LogP) is 5.15. The summed E-state index contributed by atoms with van der Waals surface area (Å²) in [7, 11) is 1.62. The van der Waals surface area contributed by atoms with Crippen molar-refractivity contribution in [3.63, 3.8) is 0 Å². The van der Waals surface area contributed by atoms with Crippen LogP contribution in [0.5, 0.6) is 5.75 Å². The van der Waals surface area contributed by atoms with E-state index < -0.39 is 0 Å². The highest BCUT2D eigenvalue weighted by molar-refractivity contribution is 7.20. The third-order valence-electron chi connectivity index (χ3n) is 4.74. The number of thiophene rings is 1. The summed E-state index contributed by atoms with van der Waals surface area (Å²) < 4.78 is 10.9. The predicted molar refractivity (Wildman–Crippen MR) is 119 cm³/mol. The quantitative estimate of drug-likeness (QED) is 0.418. The van der Waals surface area contributed by atoms with Crippen molar-refractivity contribution < 1.29 is 14.3 Å². The van der Waals surface area contributed by atoms with Gasteiger partial charge < -0.3 is 14.8 Å². The number of aryl methyl sites for hydroxylation is 1. The molecule has 2 aromatic carbocycles. The molecule has 152 valence electrons. The summed E-state index contributed by atoms with van der Waals surface area (Å²) in [5, 5.41) is 4.11. The maximum atomic E-state index is 12.7. The largest absolute Gasteiger partial charge is 0.495 e. The number of nitrogens with one attached hydrogen (secondary N) is 1. The van der Waals surface area contributed by atoms with E-state index in [1.54, 1.807) is 7.11 Å². The van der Waals surface area contributed by atoms with Crippen LogP contribution in [-0.2, 0) is 11.2 Å². The summed E-state index contributed by atoms with van der Waals surface area (Å²) in [6, 6.07) is 17.5. The molecule has 0 aliphatic rings. The molecule has 2 aromatic heterocycles. The minimum atomic E-state index is -0.338. The Hall–Kier alpha value is -3.45. The number of methoxy groups -OCH3 is 1. The lowest BCUT2D eigenvalue weighted by Gasteiger charge is -2.11. The van der Waals surface area contributed by atoms with Gasteiger partial charge in [0.15, 0.2) is 0 Å². The maximum Gasteiger partial charge on any atom is 0.348 e. The van der Waals surface area contributed by atoms with E-state index in [2.05, 4.69) is 15.3 Å². The number of ether oxygens (including phenoxy) is 2. The van der Waals surface area contributed by atoms with Crippen LogP contribution < -0.4 is 10.1 Å². The van der Waals surface area contributed by atoms with Crippen LogP contribution in [0, 0.1) is 6.92 Å². The number of fused-ring (bicyclic) bond motifs is 1. The molecule has 0 saturated heterocycles. The summed E-state index contributed by atoms with van der Waals surface area (Å²) in [4.78, 5) is 22.7. The van der Waals surface area contributed by atoms with Crippen molar-refractivity contribution in [1.29, 1.82) is 0 Å². The fourth-order valence-corrected chi connectivity index (χ4v) is 4.25. The first kappa shape index (κ1) is 19.8. The molecule has 0 amide bonds. The van der Waals surface area contributed by atoms with E-state index in [0.717, 1.165) is 27.0 Å². The Kier molecular flexibility index (Phi) is 5.90.